The predicted molar refractivity (Wildman–Crippen MR) is 80.8 cm³/mol. The van der Waals surface area contributed by atoms with Crippen LogP contribution in [0.1, 0.15) is 44.0 Å². The van der Waals surface area contributed by atoms with Gasteiger partial charge in [0.2, 0.25) is 0 Å². The first-order valence-corrected chi connectivity index (χ1v) is 7.65. The Morgan fingerprint density at radius 2 is 2.00 bits per heavy atom. The molecule has 0 unspecified atom stereocenters. The fraction of sp³-hybridized carbons (Fsp3) is 0.643. The van der Waals surface area contributed by atoms with E-state index in [-0.39, 0.29) is 11.7 Å². The topological polar surface area (TPSA) is 61.2 Å². The van der Waals surface area contributed by atoms with Crippen LogP contribution < -0.4 is 5.69 Å². The number of rotatable bonds is 7. The van der Waals surface area contributed by atoms with Crippen molar-refractivity contribution in [3.05, 3.63) is 26.3 Å². The maximum absolute atomic E-state index is 11.8. The van der Waals surface area contributed by atoms with E-state index in [4.69, 9.17) is 4.74 Å². The number of hydrogen-bond acceptors (Lipinski definition) is 4. The van der Waals surface area contributed by atoms with Crippen LogP contribution in [0, 0.1) is 13.8 Å². The van der Waals surface area contributed by atoms with Gasteiger partial charge in [0.1, 0.15) is 0 Å². The number of ether oxygens (including phenoxy) is 1. The Hall–Kier alpha value is -1.17. The van der Waals surface area contributed by atoms with Crippen LogP contribution >= 0.6 is 15.9 Å². The second-order valence-corrected chi connectivity index (χ2v) is 5.44. The van der Waals surface area contributed by atoms with E-state index < -0.39 is 0 Å². The lowest BCUT2D eigenvalue weighted by atomic mass is 10.2. The predicted octanol–water partition coefficient (Wildman–Crippen LogP) is 2.75. The molecule has 6 heteroatoms. The average Bonchev–Trinajstić information content (AvgIpc) is 2.39. The molecule has 0 saturated carbocycles. The second-order valence-electron chi connectivity index (χ2n) is 4.65. The highest BCUT2D eigenvalue weighted by atomic mass is 79.9. The summed E-state index contributed by atoms with van der Waals surface area (Å²) in [4.78, 5) is 27.0. The second kappa shape index (κ2) is 8.19. The fourth-order valence-corrected chi connectivity index (χ4v) is 2.29. The van der Waals surface area contributed by atoms with Crippen LogP contribution in [0.2, 0.25) is 0 Å². The number of aryl methyl sites for hydroxylation is 1. The van der Waals surface area contributed by atoms with Crippen LogP contribution in [0.15, 0.2) is 9.27 Å². The summed E-state index contributed by atoms with van der Waals surface area (Å²) in [7, 11) is 0. The molecule has 1 aromatic rings. The summed E-state index contributed by atoms with van der Waals surface area (Å²) < 4.78 is 7.41. The van der Waals surface area contributed by atoms with Crippen LogP contribution in [-0.2, 0) is 16.1 Å². The number of carbonyl (C=O) groups is 1. The molecule has 0 aliphatic carbocycles. The van der Waals surface area contributed by atoms with Gasteiger partial charge in [-0.1, -0.05) is 6.42 Å². The van der Waals surface area contributed by atoms with Crippen LogP contribution in [0.3, 0.4) is 0 Å². The van der Waals surface area contributed by atoms with Crippen LogP contribution in [0.4, 0.5) is 0 Å². The lowest BCUT2D eigenvalue weighted by Crippen LogP contribution is -2.26. The van der Waals surface area contributed by atoms with Crippen LogP contribution in [-0.4, -0.2) is 22.1 Å². The molecular weight excluding hydrogens is 324 g/mol. The van der Waals surface area contributed by atoms with Crippen molar-refractivity contribution in [3.63, 3.8) is 0 Å². The molecule has 1 rings (SSSR count). The minimum Gasteiger partial charge on any atom is -0.466 e. The Morgan fingerprint density at radius 3 is 2.65 bits per heavy atom. The van der Waals surface area contributed by atoms with E-state index in [0.29, 0.717) is 25.3 Å². The summed E-state index contributed by atoms with van der Waals surface area (Å²) in [5.74, 6) is -0.152. The van der Waals surface area contributed by atoms with Gasteiger partial charge in [0.15, 0.2) is 0 Å². The fourth-order valence-electron chi connectivity index (χ4n) is 1.99. The quantitative estimate of drug-likeness (QED) is 0.563. The molecule has 0 fully saturated rings. The van der Waals surface area contributed by atoms with E-state index in [2.05, 4.69) is 20.9 Å². The zero-order chi connectivity index (χ0) is 15.1. The first-order valence-electron chi connectivity index (χ1n) is 6.86. The molecule has 112 valence electrons. The first kappa shape index (κ1) is 16.9. The van der Waals surface area contributed by atoms with E-state index >= 15 is 0 Å². The Labute approximate surface area is 127 Å². The first-order chi connectivity index (χ1) is 9.47. The van der Waals surface area contributed by atoms with Crippen molar-refractivity contribution in [2.24, 2.45) is 0 Å². The molecule has 0 atom stereocenters. The summed E-state index contributed by atoms with van der Waals surface area (Å²) in [5, 5.41) is 0. The maximum Gasteiger partial charge on any atom is 0.348 e. The van der Waals surface area contributed by atoms with E-state index in [1.165, 1.54) is 0 Å². The average molecular weight is 345 g/mol. The maximum atomic E-state index is 11.8. The third-order valence-electron chi connectivity index (χ3n) is 3.10. The van der Waals surface area contributed by atoms with E-state index in [1.807, 2.05) is 13.8 Å². The number of halogens is 1. The summed E-state index contributed by atoms with van der Waals surface area (Å²) in [6.45, 7) is 6.56. The Balaban J connectivity index is 2.45. The Bertz CT molecular complexity index is 526. The third kappa shape index (κ3) is 4.74. The lowest BCUT2D eigenvalue weighted by molar-refractivity contribution is -0.143. The smallest absolute Gasteiger partial charge is 0.348 e. The summed E-state index contributed by atoms with van der Waals surface area (Å²) in [6.07, 6.45) is 2.96. The zero-order valence-corrected chi connectivity index (χ0v) is 13.8. The highest BCUT2D eigenvalue weighted by molar-refractivity contribution is 9.10. The molecule has 0 aromatic carbocycles. The van der Waals surface area contributed by atoms with Gasteiger partial charge in [0.05, 0.1) is 16.8 Å². The SMILES string of the molecule is CCOC(=O)CCCCCn1c(C)c(Br)c(C)nc1=O. The monoisotopic (exact) mass is 344 g/mol. The molecule has 0 amide bonds. The van der Waals surface area contributed by atoms with Gasteiger partial charge in [0, 0.05) is 18.7 Å². The molecule has 0 bridgehead atoms. The summed E-state index contributed by atoms with van der Waals surface area (Å²) >= 11 is 3.44. The summed E-state index contributed by atoms with van der Waals surface area (Å²) in [5.41, 5.74) is 1.40. The van der Waals surface area contributed by atoms with Gasteiger partial charge >= 0.3 is 11.7 Å². The highest BCUT2D eigenvalue weighted by Crippen LogP contribution is 2.17. The zero-order valence-electron chi connectivity index (χ0n) is 12.2. The third-order valence-corrected chi connectivity index (χ3v) is 4.25. The number of esters is 1. The van der Waals surface area contributed by atoms with Crippen molar-refractivity contribution >= 4 is 21.9 Å². The molecule has 0 spiro atoms. The molecule has 0 aliphatic rings. The molecule has 20 heavy (non-hydrogen) atoms. The lowest BCUT2D eigenvalue weighted by Gasteiger charge is -2.11. The highest BCUT2D eigenvalue weighted by Gasteiger charge is 2.09. The van der Waals surface area contributed by atoms with Crippen LogP contribution in [0.5, 0.6) is 0 Å². The molecule has 1 heterocycles. The van der Waals surface area contributed by atoms with Crippen molar-refractivity contribution in [2.75, 3.05) is 6.61 Å². The van der Waals surface area contributed by atoms with E-state index in [0.717, 1.165) is 29.4 Å². The standard InChI is InChI=1S/C14H21BrN2O3/c1-4-20-12(18)8-6-5-7-9-17-11(3)13(15)10(2)16-14(17)19/h4-9H2,1-3H3. The molecule has 0 saturated heterocycles. The van der Waals surface area contributed by atoms with E-state index in [1.54, 1.807) is 11.5 Å². The van der Waals surface area contributed by atoms with Gasteiger partial charge in [-0.05, 0) is 49.5 Å². The van der Waals surface area contributed by atoms with Gasteiger partial charge in [0.25, 0.3) is 0 Å². The van der Waals surface area contributed by atoms with Gasteiger partial charge < -0.3 is 4.74 Å². The summed E-state index contributed by atoms with van der Waals surface area (Å²) in [6, 6.07) is 0. The molecule has 5 nitrogen and oxygen atoms in total. The number of aromatic nitrogens is 2. The minimum atomic E-state index is -0.214. The van der Waals surface area contributed by atoms with Crippen molar-refractivity contribution in [2.45, 2.75) is 53.0 Å². The molecule has 0 radical (unpaired) electrons. The number of nitrogens with zero attached hydrogens (tertiary/aromatic N) is 2. The number of hydrogen-bond donors (Lipinski definition) is 0. The van der Waals surface area contributed by atoms with Crippen molar-refractivity contribution < 1.29 is 9.53 Å². The molecule has 0 N–H and O–H groups in total. The van der Waals surface area contributed by atoms with Crippen molar-refractivity contribution in [1.82, 2.24) is 9.55 Å². The molecule has 0 aliphatic heterocycles. The minimum absolute atomic E-state index is 0.152. The molecular formula is C14H21BrN2O3. The Kier molecular flexibility index (Phi) is 6.91. The molecule has 1 aromatic heterocycles. The van der Waals surface area contributed by atoms with Gasteiger partial charge in [-0.2, -0.15) is 4.98 Å². The normalized spacial score (nSPS) is 10.6. The largest absolute Gasteiger partial charge is 0.466 e. The van der Waals surface area contributed by atoms with Crippen molar-refractivity contribution in [1.29, 1.82) is 0 Å². The van der Waals surface area contributed by atoms with E-state index in [9.17, 15) is 9.59 Å². The van der Waals surface area contributed by atoms with Gasteiger partial charge in [-0.3, -0.25) is 9.36 Å². The van der Waals surface area contributed by atoms with Crippen molar-refractivity contribution in [3.8, 4) is 0 Å². The number of carbonyl (C=O) groups excluding carboxylic acids is 1. The van der Waals surface area contributed by atoms with Crippen LogP contribution in [0.25, 0.3) is 0 Å². The van der Waals surface area contributed by atoms with Gasteiger partial charge in [-0.15, -0.1) is 0 Å². The van der Waals surface area contributed by atoms with Gasteiger partial charge in [-0.25, -0.2) is 4.79 Å². The number of unbranched alkanes of at least 4 members (excludes halogenated alkanes) is 2. The Morgan fingerprint density at radius 1 is 1.30 bits per heavy atom.